The van der Waals surface area contributed by atoms with E-state index in [-0.39, 0.29) is 4.90 Å². The molecule has 2 aromatic rings. The first-order chi connectivity index (χ1) is 10.0. The van der Waals surface area contributed by atoms with Gasteiger partial charge in [-0.15, -0.1) is 4.40 Å². The van der Waals surface area contributed by atoms with Crippen LogP contribution in [-0.4, -0.2) is 13.6 Å². The fourth-order valence-corrected chi connectivity index (χ4v) is 4.20. The van der Waals surface area contributed by atoms with Gasteiger partial charge in [0.05, 0.1) is 5.69 Å². The third-order valence-corrected chi connectivity index (χ3v) is 5.55. The van der Waals surface area contributed by atoms with Crippen molar-refractivity contribution in [3.8, 4) is 0 Å². The number of fused-ring (bicyclic) bond motifs is 1. The Morgan fingerprint density at radius 3 is 2.57 bits per heavy atom. The Hall–Kier alpha value is -1.50. The highest BCUT2D eigenvalue weighted by Crippen LogP contribution is 2.29. The predicted octanol–water partition coefficient (Wildman–Crippen LogP) is 3.74. The molecule has 0 spiro atoms. The molecule has 0 radical (unpaired) electrons. The summed E-state index contributed by atoms with van der Waals surface area (Å²) in [6, 6.07) is 14.2. The molecule has 0 fully saturated rings. The molecule has 0 bridgehead atoms. The number of benzene rings is 2. The molecular formula is C14H11ClN2O2S2. The van der Waals surface area contributed by atoms with Gasteiger partial charge in [-0.05, 0) is 29.8 Å². The van der Waals surface area contributed by atoms with E-state index in [1.54, 1.807) is 36.4 Å². The molecule has 0 atom stereocenters. The Labute approximate surface area is 132 Å². The predicted molar refractivity (Wildman–Crippen MR) is 87.4 cm³/mol. The summed E-state index contributed by atoms with van der Waals surface area (Å²) < 4.78 is 28.0. The fourth-order valence-electron chi connectivity index (χ4n) is 1.89. The average Bonchev–Trinajstić information content (AvgIpc) is 2.46. The first kappa shape index (κ1) is 14.4. The standard InChI is InChI=1S/C14H11ClN2O2S2/c15-11-7-5-10(6-8-11)9-20-14-16-12-3-1-2-4-13(12)21(18,19)17-14/h1-8H,9H2,(H,16,17). The van der Waals surface area contributed by atoms with Gasteiger partial charge in [0.2, 0.25) is 0 Å². The number of rotatable bonds is 2. The van der Waals surface area contributed by atoms with Gasteiger partial charge in [-0.25, -0.2) is 0 Å². The molecule has 108 valence electrons. The van der Waals surface area contributed by atoms with Crippen LogP contribution >= 0.6 is 23.4 Å². The fraction of sp³-hybridized carbons (Fsp3) is 0.0714. The summed E-state index contributed by atoms with van der Waals surface area (Å²) in [7, 11) is -3.62. The normalized spacial score (nSPS) is 15.8. The van der Waals surface area contributed by atoms with Crippen molar-refractivity contribution in [1.29, 1.82) is 0 Å². The molecule has 21 heavy (non-hydrogen) atoms. The molecule has 3 rings (SSSR count). The number of para-hydroxylation sites is 1. The van der Waals surface area contributed by atoms with Crippen molar-refractivity contribution in [2.45, 2.75) is 10.6 Å². The lowest BCUT2D eigenvalue weighted by Crippen LogP contribution is -2.18. The number of hydrogen-bond donors (Lipinski definition) is 1. The summed E-state index contributed by atoms with van der Waals surface area (Å²) >= 11 is 7.17. The van der Waals surface area contributed by atoms with Gasteiger partial charge in [-0.2, -0.15) is 8.42 Å². The Bertz CT molecular complexity index is 802. The maximum Gasteiger partial charge on any atom is 0.286 e. The quantitative estimate of drug-likeness (QED) is 0.906. The lowest BCUT2D eigenvalue weighted by Gasteiger charge is -2.17. The Balaban J connectivity index is 1.79. The highest BCUT2D eigenvalue weighted by atomic mass is 35.5. The van der Waals surface area contributed by atoms with Crippen molar-refractivity contribution < 1.29 is 8.42 Å². The second-order valence-electron chi connectivity index (χ2n) is 4.41. The van der Waals surface area contributed by atoms with E-state index < -0.39 is 10.0 Å². The zero-order chi connectivity index (χ0) is 14.9. The summed E-state index contributed by atoms with van der Waals surface area (Å²) in [5.74, 6) is 0.612. The van der Waals surface area contributed by atoms with E-state index in [0.29, 0.717) is 21.6 Å². The van der Waals surface area contributed by atoms with Crippen LogP contribution in [0, 0.1) is 0 Å². The van der Waals surface area contributed by atoms with Gasteiger partial charge in [0.25, 0.3) is 10.0 Å². The number of nitrogens with zero attached hydrogens (tertiary/aromatic N) is 1. The highest BCUT2D eigenvalue weighted by molar-refractivity contribution is 8.14. The Morgan fingerprint density at radius 1 is 1.10 bits per heavy atom. The van der Waals surface area contributed by atoms with Crippen LogP contribution in [0.5, 0.6) is 0 Å². The number of amidine groups is 1. The van der Waals surface area contributed by atoms with E-state index in [2.05, 4.69) is 9.71 Å². The summed E-state index contributed by atoms with van der Waals surface area (Å²) in [6.45, 7) is 0. The van der Waals surface area contributed by atoms with Crippen LogP contribution < -0.4 is 5.32 Å². The van der Waals surface area contributed by atoms with Crippen LogP contribution in [-0.2, 0) is 15.8 Å². The Kier molecular flexibility index (Phi) is 3.93. The molecule has 0 unspecified atom stereocenters. The molecular weight excluding hydrogens is 328 g/mol. The summed E-state index contributed by atoms with van der Waals surface area (Å²) in [6.07, 6.45) is 0. The maximum absolute atomic E-state index is 12.1. The van der Waals surface area contributed by atoms with E-state index in [9.17, 15) is 8.42 Å². The van der Waals surface area contributed by atoms with Gasteiger partial charge in [-0.1, -0.05) is 47.6 Å². The van der Waals surface area contributed by atoms with Gasteiger partial charge in [-0.3, -0.25) is 0 Å². The number of nitrogens with one attached hydrogen (secondary N) is 1. The highest BCUT2D eigenvalue weighted by Gasteiger charge is 2.24. The zero-order valence-electron chi connectivity index (χ0n) is 10.8. The largest absolute Gasteiger partial charge is 0.333 e. The van der Waals surface area contributed by atoms with E-state index in [1.165, 1.54) is 11.8 Å². The van der Waals surface area contributed by atoms with Crippen molar-refractivity contribution >= 4 is 44.2 Å². The number of anilines is 1. The number of halogens is 1. The molecule has 0 saturated heterocycles. The third kappa shape index (κ3) is 3.23. The average molecular weight is 339 g/mol. The molecule has 1 aliphatic heterocycles. The summed E-state index contributed by atoms with van der Waals surface area (Å²) in [5, 5.41) is 4.09. The molecule has 0 aliphatic carbocycles. The lowest BCUT2D eigenvalue weighted by molar-refractivity contribution is 0.598. The topological polar surface area (TPSA) is 58.5 Å². The van der Waals surface area contributed by atoms with Crippen LogP contribution in [0.4, 0.5) is 5.69 Å². The lowest BCUT2D eigenvalue weighted by atomic mass is 10.2. The van der Waals surface area contributed by atoms with Crippen LogP contribution in [0.1, 0.15) is 5.56 Å². The molecule has 1 aliphatic rings. The molecule has 0 saturated carbocycles. The van der Waals surface area contributed by atoms with Crippen molar-refractivity contribution in [2.24, 2.45) is 4.40 Å². The molecule has 1 N–H and O–H groups in total. The zero-order valence-corrected chi connectivity index (χ0v) is 13.2. The minimum Gasteiger partial charge on any atom is -0.333 e. The molecule has 1 heterocycles. The van der Waals surface area contributed by atoms with Gasteiger partial charge in [0.15, 0.2) is 5.17 Å². The number of sulfonamides is 1. The second-order valence-corrected chi connectivity index (χ2v) is 7.38. The van der Waals surface area contributed by atoms with Gasteiger partial charge in [0, 0.05) is 10.8 Å². The van der Waals surface area contributed by atoms with Crippen LogP contribution in [0.2, 0.25) is 5.02 Å². The monoisotopic (exact) mass is 338 g/mol. The van der Waals surface area contributed by atoms with Crippen LogP contribution in [0.15, 0.2) is 57.8 Å². The molecule has 7 heteroatoms. The van der Waals surface area contributed by atoms with E-state index in [4.69, 9.17) is 11.6 Å². The first-order valence-corrected chi connectivity index (χ1v) is 8.93. The Morgan fingerprint density at radius 2 is 1.81 bits per heavy atom. The number of hydrogen-bond acceptors (Lipinski definition) is 4. The molecule has 0 amide bonds. The summed E-state index contributed by atoms with van der Waals surface area (Å²) in [4.78, 5) is 0.209. The van der Waals surface area contributed by atoms with Crippen molar-refractivity contribution in [3.63, 3.8) is 0 Å². The number of thioether (sulfide) groups is 1. The van der Waals surface area contributed by atoms with Gasteiger partial charge in [0.1, 0.15) is 4.90 Å². The van der Waals surface area contributed by atoms with E-state index in [0.717, 1.165) is 5.56 Å². The van der Waals surface area contributed by atoms with Crippen LogP contribution in [0.3, 0.4) is 0 Å². The second kappa shape index (κ2) is 5.71. The van der Waals surface area contributed by atoms with Gasteiger partial charge >= 0.3 is 0 Å². The maximum atomic E-state index is 12.1. The minimum absolute atomic E-state index is 0.209. The first-order valence-electron chi connectivity index (χ1n) is 6.13. The molecule has 4 nitrogen and oxygen atoms in total. The minimum atomic E-state index is -3.62. The van der Waals surface area contributed by atoms with Gasteiger partial charge < -0.3 is 5.32 Å². The summed E-state index contributed by atoms with van der Waals surface area (Å²) in [5.41, 5.74) is 1.61. The molecule has 2 aromatic carbocycles. The van der Waals surface area contributed by atoms with Crippen molar-refractivity contribution in [3.05, 3.63) is 59.1 Å². The van der Waals surface area contributed by atoms with Crippen molar-refractivity contribution in [2.75, 3.05) is 5.32 Å². The third-order valence-electron chi connectivity index (χ3n) is 2.90. The van der Waals surface area contributed by atoms with Crippen molar-refractivity contribution in [1.82, 2.24) is 0 Å². The molecule has 0 aromatic heterocycles. The van der Waals surface area contributed by atoms with E-state index >= 15 is 0 Å². The van der Waals surface area contributed by atoms with Crippen LogP contribution in [0.25, 0.3) is 0 Å². The smallest absolute Gasteiger partial charge is 0.286 e. The SMILES string of the molecule is O=S1(=O)N=C(SCc2ccc(Cl)cc2)Nc2ccccc21. The van der Waals surface area contributed by atoms with E-state index in [1.807, 2.05) is 12.1 Å².